The van der Waals surface area contributed by atoms with Crippen LogP contribution < -0.4 is 4.74 Å². The highest BCUT2D eigenvalue weighted by atomic mass is 32.2. The largest absolute Gasteiger partial charge is 0.490 e. The number of hydrogen-bond donors (Lipinski definition) is 0. The van der Waals surface area contributed by atoms with Crippen molar-refractivity contribution in [1.82, 2.24) is 0 Å². The summed E-state index contributed by atoms with van der Waals surface area (Å²) >= 11 is 0. The van der Waals surface area contributed by atoms with Gasteiger partial charge >= 0.3 is 6.18 Å². The van der Waals surface area contributed by atoms with Gasteiger partial charge in [0.25, 0.3) is 0 Å². The third-order valence-corrected chi connectivity index (χ3v) is 9.22. The zero-order chi connectivity index (χ0) is 24.7. The fourth-order valence-electron chi connectivity index (χ4n) is 5.74. The zero-order valence-corrected chi connectivity index (χ0v) is 19.6. The number of ether oxygens (including phenoxy) is 1. The number of benzene rings is 2. The van der Waals surface area contributed by atoms with E-state index in [9.17, 15) is 26.0 Å². The third-order valence-electron chi connectivity index (χ3n) is 7.48. The second kappa shape index (κ2) is 9.13. The van der Waals surface area contributed by atoms with Crippen LogP contribution in [0.2, 0.25) is 0 Å². The van der Waals surface area contributed by atoms with Crippen LogP contribution in [0.25, 0.3) is 0 Å². The Bertz CT molecular complexity index is 1140. The molecule has 0 amide bonds. The first-order valence-corrected chi connectivity index (χ1v) is 13.3. The second-order valence-electron chi connectivity index (χ2n) is 9.36. The van der Waals surface area contributed by atoms with Crippen molar-refractivity contribution in [3.63, 3.8) is 0 Å². The normalized spacial score (nSPS) is 24.8. The van der Waals surface area contributed by atoms with Crippen molar-refractivity contribution >= 4 is 9.84 Å². The predicted molar refractivity (Wildman–Crippen MR) is 118 cm³/mol. The number of hydrogen-bond acceptors (Lipinski definition) is 3. The number of alkyl halides is 3. The van der Waals surface area contributed by atoms with Gasteiger partial charge in [0.1, 0.15) is 15.7 Å². The van der Waals surface area contributed by atoms with E-state index in [0.29, 0.717) is 24.8 Å². The van der Waals surface area contributed by atoms with Gasteiger partial charge in [-0.1, -0.05) is 25.5 Å². The van der Waals surface area contributed by atoms with E-state index < -0.39 is 38.6 Å². The molecule has 0 N–H and O–H groups in total. The summed E-state index contributed by atoms with van der Waals surface area (Å²) in [7, 11) is -3.21. The first kappa shape index (κ1) is 24.9. The van der Waals surface area contributed by atoms with Crippen LogP contribution in [0.15, 0.2) is 36.4 Å². The van der Waals surface area contributed by atoms with Crippen LogP contribution in [0, 0.1) is 23.5 Å². The van der Waals surface area contributed by atoms with Gasteiger partial charge in [-0.05, 0) is 61.4 Å². The van der Waals surface area contributed by atoms with E-state index in [1.807, 2.05) is 0 Å². The van der Waals surface area contributed by atoms with Crippen molar-refractivity contribution in [1.29, 1.82) is 0 Å². The fourth-order valence-corrected chi connectivity index (χ4v) is 6.69. The summed E-state index contributed by atoms with van der Waals surface area (Å²) in [6.45, 7) is 1.69. The molecule has 2 aromatic carbocycles. The van der Waals surface area contributed by atoms with Crippen molar-refractivity contribution in [2.24, 2.45) is 11.8 Å². The quantitative estimate of drug-likeness (QED) is 0.449. The summed E-state index contributed by atoms with van der Waals surface area (Å²) in [4.78, 5) is 0. The van der Waals surface area contributed by atoms with Gasteiger partial charge in [-0.2, -0.15) is 13.2 Å². The molecule has 0 bridgehead atoms. The van der Waals surface area contributed by atoms with Crippen LogP contribution >= 0.6 is 0 Å². The number of rotatable bonds is 6. The minimum atomic E-state index is -4.47. The van der Waals surface area contributed by atoms with Crippen molar-refractivity contribution in [3.8, 4) is 5.75 Å². The summed E-state index contributed by atoms with van der Waals surface area (Å²) in [5.41, 5.74) is -0.984. The molecule has 34 heavy (non-hydrogen) atoms. The standard InChI is InChI=1S/C25H27F5O3S/c1-2-34(31,32)13-11-17-4-3-12-24(14-16-5-7-18(8-6-16)25(28,29)30)19(17)15-33-23-21(27)10-9-20(26)22(23)24/h5-10,17,19H,2-4,11-15H2,1H3/t17-,19-,24-/m0/s1. The molecule has 1 fully saturated rings. The molecule has 0 aromatic heterocycles. The molecule has 1 aliphatic heterocycles. The lowest BCUT2D eigenvalue weighted by molar-refractivity contribution is -0.137. The Balaban J connectivity index is 1.76. The van der Waals surface area contributed by atoms with Crippen molar-refractivity contribution < 1.29 is 35.1 Å². The maximum absolute atomic E-state index is 15.3. The summed E-state index contributed by atoms with van der Waals surface area (Å²) in [5, 5.41) is 0. The van der Waals surface area contributed by atoms with Crippen LogP contribution in [0.3, 0.4) is 0 Å². The van der Waals surface area contributed by atoms with Gasteiger partial charge < -0.3 is 4.74 Å². The summed E-state index contributed by atoms with van der Waals surface area (Å²) in [6.07, 6.45) is -1.97. The van der Waals surface area contributed by atoms with Crippen molar-refractivity contribution in [2.75, 3.05) is 18.1 Å². The molecule has 0 unspecified atom stereocenters. The van der Waals surface area contributed by atoms with Gasteiger partial charge in [0.15, 0.2) is 11.6 Å². The highest BCUT2D eigenvalue weighted by Crippen LogP contribution is 2.55. The molecule has 186 valence electrons. The molecule has 2 aliphatic rings. The first-order valence-electron chi connectivity index (χ1n) is 11.4. The average molecular weight is 503 g/mol. The van der Waals surface area contributed by atoms with E-state index in [4.69, 9.17) is 4.74 Å². The maximum Gasteiger partial charge on any atom is 0.416 e. The van der Waals surface area contributed by atoms with Gasteiger partial charge in [-0.15, -0.1) is 0 Å². The molecule has 4 rings (SSSR count). The van der Waals surface area contributed by atoms with Crippen molar-refractivity contribution in [2.45, 2.75) is 50.6 Å². The Morgan fingerprint density at radius 1 is 1.06 bits per heavy atom. The lowest BCUT2D eigenvalue weighted by atomic mass is 9.55. The van der Waals surface area contributed by atoms with Gasteiger partial charge in [0, 0.05) is 22.6 Å². The Kier molecular flexibility index (Phi) is 6.70. The molecule has 0 spiro atoms. The summed E-state index contributed by atoms with van der Waals surface area (Å²) in [6, 6.07) is 6.82. The summed E-state index contributed by atoms with van der Waals surface area (Å²) in [5.74, 6) is -1.81. The van der Waals surface area contributed by atoms with Crippen LogP contribution in [-0.4, -0.2) is 26.5 Å². The Labute approximate surface area is 196 Å². The maximum atomic E-state index is 15.3. The molecule has 0 saturated heterocycles. The first-order chi connectivity index (χ1) is 16.0. The van der Waals surface area contributed by atoms with E-state index in [0.717, 1.165) is 30.7 Å². The predicted octanol–water partition coefficient (Wildman–Crippen LogP) is 6.10. The molecule has 1 aliphatic carbocycles. The molecular weight excluding hydrogens is 475 g/mol. The molecule has 3 atom stereocenters. The Morgan fingerprint density at radius 2 is 1.74 bits per heavy atom. The topological polar surface area (TPSA) is 43.4 Å². The molecule has 1 saturated carbocycles. The number of fused-ring (bicyclic) bond motifs is 3. The third kappa shape index (κ3) is 4.68. The van der Waals surface area contributed by atoms with E-state index >= 15 is 4.39 Å². The number of sulfone groups is 1. The van der Waals surface area contributed by atoms with Crippen LogP contribution in [0.5, 0.6) is 5.75 Å². The lowest BCUT2D eigenvalue weighted by Gasteiger charge is -2.52. The molecular formula is C25H27F5O3S. The van der Waals surface area contributed by atoms with E-state index in [2.05, 4.69) is 0 Å². The second-order valence-corrected chi connectivity index (χ2v) is 11.8. The minimum Gasteiger partial charge on any atom is -0.490 e. The Hall–Kier alpha value is -2.16. The monoisotopic (exact) mass is 502 g/mol. The highest BCUT2D eigenvalue weighted by molar-refractivity contribution is 7.91. The molecule has 9 heteroatoms. The van der Waals surface area contributed by atoms with Gasteiger partial charge in [-0.3, -0.25) is 0 Å². The number of halogens is 5. The average Bonchev–Trinajstić information content (AvgIpc) is 2.79. The minimum absolute atomic E-state index is 0.000480. The van der Waals surface area contributed by atoms with E-state index in [1.165, 1.54) is 12.1 Å². The van der Waals surface area contributed by atoms with Gasteiger partial charge in [0.2, 0.25) is 0 Å². The van der Waals surface area contributed by atoms with E-state index in [1.54, 1.807) is 6.92 Å². The fraction of sp³-hybridized carbons (Fsp3) is 0.520. The molecule has 3 nitrogen and oxygen atoms in total. The molecule has 0 radical (unpaired) electrons. The highest BCUT2D eigenvalue weighted by Gasteiger charge is 2.52. The van der Waals surface area contributed by atoms with Gasteiger partial charge in [0.05, 0.1) is 17.9 Å². The molecule has 2 aromatic rings. The van der Waals surface area contributed by atoms with Crippen LogP contribution in [-0.2, 0) is 27.8 Å². The smallest absolute Gasteiger partial charge is 0.416 e. The summed E-state index contributed by atoms with van der Waals surface area (Å²) < 4.78 is 99.1. The Morgan fingerprint density at radius 3 is 2.38 bits per heavy atom. The zero-order valence-electron chi connectivity index (χ0n) is 18.8. The van der Waals surface area contributed by atoms with Crippen molar-refractivity contribution in [3.05, 3.63) is 64.7 Å². The molecule has 1 heterocycles. The van der Waals surface area contributed by atoms with Gasteiger partial charge in [-0.25, -0.2) is 17.2 Å². The van der Waals surface area contributed by atoms with E-state index in [-0.39, 0.29) is 47.7 Å². The van der Waals surface area contributed by atoms with Crippen LogP contribution in [0.1, 0.15) is 49.3 Å². The lowest BCUT2D eigenvalue weighted by Crippen LogP contribution is -2.51. The SMILES string of the molecule is CCS(=O)(=O)CC[C@@H]1CCC[C@@]2(Cc3ccc(C(F)(F)F)cc3)c3c(F)ccc(F)c3OC[C@@H]12. The van der Waals surface area contributed by atoms with Crippen LogP contribution in [0.4, 0.5) is 22.0 Å².